The Labute approximate surface area is 226 Å². The monoisotopic (exact) mass is 517 g/mol. The molecule has 0 saturated heterocycles. The lowest BCUT2D eigenvalue weighted by molar-refractivity contribution is -0.0620. The van der Waals surface area contributed by atoms with Gasteiger partial charge in [-0.2, -0.15) is 0 Å². The van der Waals surface area contributed by atoms with Gasteiger partial charge < -0.3 is 19.5 Å². The molecule has 0 amide bonds. The van der Waals surface area contributed by atoms with E-state index in [1.165, 1.54) is 38.5 Å². The lowest BCUT2D eigenvalue weighted by atomic mass is 9.47. The Kier molecular flexibility index (Phi) is 8.75. The van der Waals surface area contributed by atoms with Gasteiger partial charge >= 0.3 is 6.16 Å². The third kappa shape index (κ3) is 6.24. The largest absolute Gasteiger partial charge is 0.508 e. The van der Waals surface area contributed by atoms with Crippen LogP contribution >= 0.6 is 0 Å². The summed E-state index contributed by atoms with van der Waals surface area (Å²) in [6, 6.07) is 0. The summed E-state index contributed by atoms with van der Waals surface area (Å²) in [7, 11) is 3.94. The number of rotatable bonds is 9. The highest BCUT2D eigenvalue weighted by molar-refractivity contribution is 5.60. The number of ether oxygens (including phenoxy) is 2. The Bertz CT molecular complexity index is 831. The molecule has 0 bridgehead atoms. The van der Waals surface area contributed by atoms with Crippen LogP contribution in [0.2, 0.25) is 0 Å². The summed E-state index contributed by atoms with van der Waals surface area (Å²) in [6.45, 7) is 12.6. The van der Waals surface area contributed by atoms with E-state index in [4.69, 9.17) is 9.47 Å². The fourth-order valence-electron chi connectivity index (χ4n) is 9.24. The first-order valence-corrected chi connectivity index (χ1v) is 15.2. The highest BCUT2D eigenvalue weighted by atomic mass is 16.7. The van der Waals surface area contributed by atoms with Gasteiger partial charge in [-0.3, -0.25) is 0 Å². The van der Waals surface area contributed by atoms with Gasteiger partial charge in [0.2, 0.25) is 0 Å². The fourth-order valence-corrected chi connectivity index (χ4v) is 9.24. The zero-order chi connectivity index (χ0) is 27.0. The number of hydrogen-bond acceptors (Lipinski definition) is 5. The molecule has 4 rings (SSSR count). The normalized spacial score (nSPS) is 38.3. The lowest BCUT2D eigenvalue weighted by Gasteiger charge is -2.58. The zero-order valence-corrected chi connectivity index (χ0v) is 24.9. The Morgan fingerprint density at radius 2 is 1.92 bits per heavy atom. The van der Waals surface area contributed by atoms with Crippen molar-refractivity contribution in [3.63, 3.8) is 0 Å². The average Bonchev–Trinajstić information content (AvgIpc) is 3.15. The van der Waals surface area contributed by atoms with Crippen LogP contribution in [-0.2, 0) is 9.47 Å². The molecule has 5 heteroatoms. The number of aliphatic hydroxyl groups is 1. The molecule has 8 atom stereocenters. The van der Waals surface area contributed by atoms with E-state index in [1.807, 2.05) is 32.8 Å². The average molecular weight is 518 g/mol. The topological polar surface area (TPSA) is 59.0 Å². The van der Waals surface area contributed by atoms with Crippen LogP contribution in [0.15, 0.2) is 11.6 Å². The van der Waals surface area contributed by atoms with Crippen LogP contribution in [0.1, 0.15) is 105 Å². The molecule has 212 valence electrons. The molecule has 0 aromatic carbocycles. The number of nitrogens with zero attached hydrogens (tertiary/aromatic N) is 1. The standard InChI is InChI=1S/C32H55NO4/c1-22(9-8-16-30(2,3)35)26-12-13-27-25-11-10-23-21-24(37-29(34)36-20-19-33(6)7)14-17-31(23,4)28(25)15-18-32(26,27)5/h10,22,24-28,35H,8-9,11-21H2,1-7H3. The van der Waals surface area contributed by atoms with Gasteiger partial charge in [-0.15, -0.1) is 0 Å². The minimum atomic E-state index is -0.544. The van der Waals surface area contributed by atoms with E-state index in [0.29, 0.717) is 18.6 Å². The van der Waals surface area contributed by atoms with Gasteiger partial charge in [-0.1, -0.05) is 45.3 Å². The summed E-state index contributed by atoms with van der Waals surface area (Å²) in [5.41, 5.74) is 1.73. The molecule has 37 heavy (non-hydrogen) atoms. The molecule has 0 spiro atoms. The first-order chi connectivity index (χ1) is 17.3. The Morgan fingerprint density at radius 3 is 2.62 bits per heavy atom. The minimum absolute atomic E-state index is 0.0443. The van der Waals surface area contributed by atoms with Crippen molar-refractivity contribution in [3.8, 4) is 0 Å². The number of fused-ring (bicyclic) bond motifs is 5. The summed E-state index contributed by atoms with van der Waals surface area (Å²) in [5.74, 6) is 3.96. The van der Waals surface area contributed by atoms with Gasteiger partial charge in [-0.05, 0) is 120 Å². The van der Waals surface area contributed by atoms with Crippen molar-refractivity contribution in [1.29, 1.82) is 0 Å². The second-order valence-corrected chi connectivity index (χ2v) is 14.6. The van der Waals surface area contributed by atoms with Gasteiger partial charge in [0, 0.05) is 13.0 Å². The van der Waals surface area contributed by atoms with Crippen molar-refractivity contribution in [2.24, 2.45) is 40.4 Å². The van der Waals surface area contributed by atoms with Crippen molar-refractivity contribution in [3.05, 3.63) is 11.6 Å². The van der Waals surface area contributed by atoms with Crippen LogP contribution in [-0.4, -0.2) is 55.1 Å². The fraction of sp³-hybridized carbons (Fsp3) is 0.906. The minimum Gasteiger partial charge on any atom is -0.433 e. The number of likely N-dealkylation sites (N-methyl/N-ethyl adjacent to an activating group) is 1. The molecular formula is C32H55NO4. The summed E-state index contributed by atoms with van der Waals surface area (Å²) in [5, 5.41) is 10.2. The van der Waals surface area contributed by atoms with Gasteiger partial charge in [0.05, 0.1) is 5.60 Å². The van der Waals surface area contributed by atoms with Crippen LogP contribution in [0.4, 0.5) is 4.79 Å². The van der Waals surface area contributed by atoms with E-state index >= 15 is 0 Å². The summed E-state index contributed by atoms with van der Waals surface area (Å²) in [4.78, 5) is 14.2. The zero-order valence-electron chi connectivity index (χ0n) is 24.9. The molecule has 8 unspecified atom stereocenters. The van der Waals surface area contributed by atoms with Crippen molar-refractivity contribution in [2.45, 2.75) is 117 Å². The van der Waals surface area contributed by atoms with Crippen LogP contribution in [0.5, 0.6) is 0 Å². The highest BCUT2D eigenvalue weighted by Gasteiger charge is 2.59. The van der Waals surface area contributed by atoms with E-state index in [1.54, 1.807) is 5.57 Å². The molecule has 0 radical (unpaired) electrons. The first kappa shape index (κ1) is 28.9. The Hall–Kier alpha value is -1.07. The molecule has 0 heterocycles. The maximum absolute atomic E-state index is 12.2. The smallest absolute Gasteiger partial charge is 0.433 e. The number of hydrogen-bond donors (Lipinski definition) is 1. The van der Waals surface area contributed by atoms with Crippen LogP contribution in [0, 0.1) is 40.4 Å². The predicted molar refractivity (Wildman–Crippen MR) is 149 cm³/mol. The van der Waals surface area contributed by atoms with E-state index < -0.39 is 11.8 Å². The summed E-state index contributed by atoms with van der Waals surface area (Å²) in [6.07, 6.45) is 14.9. The third-order valence-electron chi connectivity index (χ3n) is 11.3. The third-order valence-corrected chi connectivity index (χ3v) is 11.3. The van der Waals surface area contributed by atoms with Crippen LogP contribution < -0.4 is 0 Å². The second-order valence-electron chi connectivity index (χ2n) is 14.6. The van der Waals surface area contributed by atoms with Gasteiger partial charge in [-0.25, -0.2) is 4.79 Å². The molecule has 0 aliphatic heterocycles. The molecule has 0 aromatic rings. The Balaban J connectivity index is 1.37. The predicted octanol–water partition coefficient (Wildman–Crippen LogP) is 7.23. The van der Waals surface area contributed by atoms with E-state index in [2.05, 4.69) is 26.8 Å². The van der Waals surface area contributed by atoms with Gasteiger partial charge in [0.15, 0.2) is 0 Å². The summed E-state index contributed by atoms with van der Waals surface area (Å²) < 4.78 is 11.0. The maximum Gasteiger partial charge on any atom is 0.508 e. The second kappa shape index (κ2) is 11.2. The van der Waals surface area contributed by atoms with Gasteiger partial charge in [0.1, 0.15) is 12.7 Å². The van der Waals surface area contributed by atoms with E-state index in [-0.39, 0.29) is 11.5 Å². The van der Waals surface area contributed by atoms with Crippen molar-refractivity contribution in [2.75, 3.05) is 27.2 Å². The Morgan fingerprint density at radius 1 is 1.16 bits per heavy atom. The molecule has 1 N–H and O–H groups in total. The highest BCUT2D eigenvalue weighted by Crippen LogP contribution is 2.67. The molecule has 0 aromatic heterocycles. The summed E-state index contributed by atoms with van der Waals surface area (Å²) >= 11 is 0. The first-order valence-electron chi connectivity index (χ1n) is 15.2. The van der Waals surface area contributed by atoms with Crippen molar-refractivity contribution >= 4 is 6.16 Å². The molecule has 5 nitrogen and oxygen atoms in total. The molecule has 3 saturated carbocycles. The molecule has 4 aliphatic carbocycles. The number of carbonyl (C=O) groups is 1. The van der Waals surface area contributed by atoms with E-state index in [0.717, 1.165) is 61.7 Å². The van der Waals surface area contributed by atoms with Crippen molar-refractivity contribution < 1.29 is 19.4 Å². The maximum atomic E-state index is 12.2. The van der Waals surface area contributed by atoms with E-state index in [9.17, 15) is 9.90 Å². The number of allylic oxidation sites excluding steroid dienone is 1. The van der Waals surface area contributed by atoms with Crippen LogP contribution in [0.25, 0.3) is 0 Å². The van der Waals surface area contributed by atoms with Crippen LogP contribution in [0.3, 0.4) is 0 Å². The lowest BCUT2D eigenvalue weighted by Crippen LogP contribution is -2.51. The number of carbonyl (C=O) groups excluding carboxylic acids is 1. The molecule has 3 fully saturated rings. The van der Waals surface area contributed by atoms with Gasteiger partial charge in [0.25, 0.3) is 0 Å². The molecular weight excluding hydrogens is 462 g/mol. The SMILES string of the molecule is CC(CCCC(C)(C)O)C1CCC2C3CC=C4CC(OC(=O)OCCN(C)C)CCC4(C)C3CCC12C. The quantitative estimate of drug-likeness (QED) is 0.258. The molecule has 4 aliphatic rings. The van der Waals surface area contributed by atoms with Crippen molar-refractivity contribution in [1.82, 2.24) is 4.90 Å².